The molecule has 0 aliphatic heterocycles. The molecule has 0 saturated heterocycles. The van der Waals surface area contributed by atoms with Gasteiger partial charge in [-0.15, -0.1) is 0 Å². The zero-order valence-electron chi connectivity index (χ0n) is 20.3. The third kappa shape index (κ3) is 7.15. The summed E-state index contributed by atoms with van der Waals surface area (Å²) >= 11 is 6.35. The Morgan fingerprint density at radius 2 is 1.47 bits per heavy atom. The van der Waals surface area contributed by atoms with Crippen LogP contribution in [0.3, 0.4) is 0 Å². The van der Waals surface area contributed by atoms with Crippen LogP contribution in [-0.4, -0.2) is 12.6 Å². The monoisotopic (exact) mass is 500 g/mol. The molecule has 0 radical (unpaired) electrons. The molecule has 6 heteroatoms. The minimum absolute atomic E-state index is 0.263. The van der Waals surface area contributed by atoms with Crippen molar-refractivity contribution in [3.63, 3.8) is 0 Å². The van der Waals surface area contributed by atoms with Gasteiger partial charge in [0.25, 0.3) is 0 Å². The highest BCUT2D eigenvalue weighted by Crippen LogP contribution is 2.31. The Hall–Kier alpha value is -3.70. The quantitative estimate of drug-likeness (QED) is 0.0891. The predicted octanol–water partition coefficient (Wildman–Crippen LogP) is 9.48. The molecule has 0 bridgehead atoms. The van der Waals surface area contributed by atoms with Crippen molar-refractivity contribution in [2.75, 3.05) is 6.61 Å². The molecule has 0 N–H and O–H groups in total. The van der Waals surface area contributed by atoms with Crippen LogP contribution in [0.1, 0.15) is 49.4 Å². The number of halogens is 1. The summed E-state index contributed by atoms with van der Waals surface area (Å²) in [5, 5.41) is 11.1. The Labute approximate surface area is 216 Å². The highest BCUT2D eigenvalue weighted by atomic mass is 35.5. The van der Waals surface area contributed by atoms with E-state index >= 15 is 0 Å². The van der Waals surface area contributed by atoms with Gasteiger partial charge in [0.15, 0.2) is 0 Å². The van der Waals surface area contributed by atoms with Gasteiger partial charge in [-0.25, -0.2) is 4.79 Å². The van der Waals surface area contributed by atoms with E-state index in [-0.39, 0.29) is 10.8 Å². The number of carbonyl (C=O) groups is 1. The number of benzene rings is 4. The third-order valence-electron chi connectivity index (χ3n) is 5.74. The Morgan fingerprint density at radius 1 is 0.778 bits per heavy atom. The lowest BCUT2D eigenvalue weighted by Crippen LogP contribution is -2.08. The van der Waals surface area contributed by atoms with Crippen molar-refractivity contribution in [3.05, 3.63) is 95.5 Å². The summed E-state index contributed by atoms with van der Waals surface area (Å²) < 4.78 is 11.2. The molecule has 4 aromatic carbocycles. The number of hydrogen-bond acceptors (Lipinski definition) is 5. The van der Waals surface area contributed by atoms with Crippen LogP contribution in [0.25, 0.3) is 10.8 Å². The van der Waals surface area contributed by atoms with Crippen molar-refractivity contribution in [2.24, 2.45) is 10.2 Å². The van der Waals surface area contributed by atoms with Crippen LogP contribution >= 0.6 is 11.6 Å². The summed E-state index contributed by atoms with van der Waals surface area (Å²) in [5.41, 5.74) is 1.72. The number of esters is 1. The van der Waals surface area contributed by atoms with Crippen LogP contribution in [0.5, 0.6) is 11.5 Å². The van der Waals surface area contributed by atoms with Crippen LogP contribution in [0.15, 0.2) is 95.2 Å². The Balaban J connectivity index is 1.32. The van der Waals surface area contributed by atoms with Gasteiger partial charge in [0.2, 0.25) is 0 Å². The molecule has 0 aliphatic carbocycles. The standard InChI is InChI=1S/C30H29ClN2O3/c1-2-3-4-5-8-19-35-27-16-12-23(13-17-27)30(34)36-29-18-15-26(21-28(29)31)33-32-25-14-11-22-9-6-7-10-24(22)20-25/h6-7,9-18,20-21H,2-5,8,19H2,1H3. The second-order valence-electron chi connectivity index (χ2n) is 8.52. The molecule has 0 aromatic heterocycles. The summed E-state index contributed by atoms with van der Waals surface area (Å²) in [7, 11) is 0. The topological polar surface area (TPSA) is 60.2 Å². The van der Waals surface area contributed by atoms with E-state index in [0.717, 1.165) is 28.6 Å². The summed E-state index contributed by atoms with van der Waals surface area (Å²) in [6.45, 7) is 2.88. The van der Waals surface area contributed by atoms with E-state index in [0.29, 0.717) is 17.9 Å². The molecular weight excluding hydrogens is 472 g/mol. The molecule has 5 nitrogen and oxygen atoms in total. The van der Waals surface area contributed by atoms with E-state index in [9.17, 15) is 4.79 Å². The van der Waals surface area contributed by atoms with E-state index in [2.05, 4.69) is 23.2 Å². The number of nitrogens with zero attached hydrogens (tertiary/aromatic N) is 2. The van der Waals surface area contributed by atoms with Gasteiger partial charge >= 0.3 is 5.97 Å². The van der Waals surface area contributed by atoms with Gasteiger partial charge in [0.05, 0.1) is 28.6 Å². The van der Waals surface area contributed by atoms with Crippen LogP contribution in [-0.2, 0) is 0 Å². The second-order valence-corrected chi connectivity index (χ2v) is 8.93. The van der Waals surface area contributed by atoms with Crippen molar-refractivity contribution in [1.29, 1.82) is 0 Å². The molecule has 4 aromatic rings. The van der Waals surface area contributed by atoms with Crippen molar-refractivity contribution in [1.82, 2.24) is 0 Å². The first-order chi connectivity index (χ1) is 17.6. The molecule has 0 atom stereocenters. The van der Waals surface area contributed by atoms with E-state index < -0.39 is 5.97 Å². The number of azo groups is 1. The van der Waals surface area contributed by atoms with Crippen LogP contribution in [0, 0.1) is 0 Å². The van der Waals surface area contributed by atoms with E-state index in [1.54, 1.807) is 42.5 Å². The van der Waals surface area contributed by atoms with Crippen molar-refractivity contribution < 1.29 is 14.3 Å². The van der Waals surface area contributed by atoms with Gasteiger partial charge in [-0.1, -0.05) is 74.5 Å². The summed E-state index contributed by atoms with van der Waals surface area (Å²) in [4.78, 5) is 12.6. The molecule has 184 valence electrons. The lowest BCUT2D eigenvalue weighted by molar-refractivity contribution is 0.0735. The maximum atomic E-state index is 12.6. The first-order valence-electron chi connectivity index (χ1n) is 12.3. The molecule has 0 fully saturated rings. The van der Waals surface area contributed by atoms with Crippen molar-refractivity contribution >= 4 is 39.7 Å². The fourth-order valence-corrected chi connectivity index (χ4v) is 3.94. The minimum Gasteiger partial charge on any atom is -0.494 e. The number of hydrogen-bond donors (Lipinski definition) is 0. The molecule has 0 amide bonds. The molecular formula is C30H29ClN2O3. The zero-order valence-corrected chi connectivity index (χ0v) is 21.1. The van der Waals surface area contributed by atoms with E-state index in [1.807, 2.05) is 36.4 Å². The van der Waals surface area contributed by atoms with Gasteiger partial charge in [-0.2, -0.15) is 10.2 Å². The average Bonchev–Trinajstić information content (AvgIpc) is 2.91. The Morgan fingerprint density at radius 3 is 2.22 bits per heavy atom. The van der Waals surface area contributed by atoms with E-state index in [1.165, 1.54) is 25.7 Å². The van der Waals surface area contributed by atoms with Crippen LogP contribution in [0.2, 0.25) is 5.02 Å². The van der Waals surface area contributed by atoms with Crippen LogP contribution in [0.4, 0.5) is 11.4 Å². The molecule has 0 spiro atoms. The molecule has 0 saturated carbocycles. The highest BCUT2D eigenvalue weighted by molar-refractivity contribution is 6.32. The fraction of sp³-hybridized carbons (Fsp3) is 0.233. The number of carbonyl (C=O) groups excluding carboxylic acids is 1. The maximum Gasteiger partial charge on any atom is 0.343 e. The third-order valence-corrected chi connectivity index (χ3v) is 6.03. The number of unbranched alkanes of at least 4 members (excludes halogenated alkanes) is 4. The van der Waals surface area contributed by atoms with Crippen LogP contribution < -0.4 is 9.47 Å². The fourth-order valence-electron chi connectivity index (χ4n) is 3.73. The van der Waals surface area contributed by atoms with E-state index in [4.69, 9.17) is 21.1 Å². The molecule has 0 unspecified atom stereocenters. The predicted molar refractivity (Wildman–Crippen MR) is 145 cm³/mol. The normalized spacial score (nSPS) is 11.2. The van der Waals surface area contributed by atoms with Gasteiger partial charge in [0, 0.05) is 0 Å². The molecule has 36 heavy (non-hydrogen) atoms. The Kier molecular flexibility index (Phi) is 9.06. The van der Waals surface area contributed by atoms with Gasteiger partial charge in [-0.05, 0) is 71.8 Å². The van der Waals surface area contributed by atoms with Gasteiger partial charge in [-0.3, -0.25) is 0 Å². The molecule has 0 aliphatic rings. The zero-order chi connectivity index (χ0) is 25.2. The SMILES string of the molecule is CCCCCCCOc1ccc(C(=O)Oc2ccc(N=Nc3ccc4ccccc4c3)cc2Cl)cc1. The lowest BCUT2D eigenvalue weighted by atomic mass is 10.1. The second kappa shape index (κ2) is 12.8. The number of ether oxygens (including phenoxy) is 2. The summed E-state index contributed by atoms with van der Waals surface area (Å²) in [6, 6.07) is 25.8. The summed E-state index contributed by atoms with van der Waals surface area (Å²) in [6.07, 6.45) is 5.92. The largest absolute Gasteiger partial charge is 0.494 e. The first-order valence-corrected chi connectivity index (χ1v) is 12.7. The van der Waals surface area contributed by atoms with Crippen molar-refractivity contribution in [2.45, 2.75) is 39.0 Å². The summed E-state index contributed by atoms with van der Waals surface area (Å²) in [5.74, 6) is 0.508. The lowest BCUT2D eigenvalue weighted by Gasteiger charge is -2.08. The maximum absolute atomic E-state index is 12.6. The number of rotatable bonds is 11. The molecule has 0 heterocycles. The average molecular weight is 501 g/mol. The first kappa shape index (κ1) is 25.4. The number of fused-ring (bicyclic) bond motifs is 1. The Bertz CT molecular complexity index is 1340. The smallest absolute Gasteiger partial charge is 0.343 e. The van der Waals surface area contributed by atoms with Crippen molar-refractivity contribution in [3.8, 4) is 11.5 Å². The van der Waals surface area contributed by atoms with Gasteiger partial charge < -0.3 is 9.47 Å². The molecule has 4 rings (SSSR count). The minimum atomic E-state index is -0.492. The van der Waals surface area contributed by atoms with Gasteiger partial charge in [0.1, 0.15) is 11.5 Å². The highest BCUT2D eigenvalue weighted by Gasteiger charge is 2.12.